The number of alkyl halides is 1. The smallest absolute Gasteiger partial charge is 0.414 e. The molecule has 24 heavy (non-hydrogen) atoms. The molecule has 2 rings (SSSR count). The van der Waals surface area contributed by atoms with Crippen molar-refractivity contribution in [2.45, 2.75) is 32.8 Å². The number of aromatic nitrogens is 3. The second-order valence-electron chi connectivity index (χ2n) is 6.14. The lowest BCUT2D eigenvalue weighted by Gasteiger charge is -2.26. The monoisotopic (exact) mass is 354 g/mol. The highest BCUT2D eigenvalue weighted by molar-refractivity contribution is 6.32. The molecule has 0 saturated carbocycles. The first-order valence-corrected chi connectivity index (χ1v) is 7.91. The molecule has 6 nitrogen and oxygen atoms in total. The van der Waals surface area contributed by atoms with Crippen LogP contribution in [0.4, 0.5) is 14.9 Å². The first-order chi connectivity index (χ1) is 11.3. The third-order valence-electron chi connectivity index (χ3n) is 2.98. The largest absolute Gasteiger partial charge is 0.443 e. The summed E-state index contributed by atoms with van der Waals surface area (Å²) in [7, 11) is 0. The molecule has 2 heterocycles. The first-order valence-electron chi connectivity index (χ1n) is 7.54. The second-order valence-corrected chi connectivity index (χ2v) is 6.49. The Balaban J connectivity index is 2.32. The van der Waals surface area contributed by atoms with Gasteiger partial charge in [-0.3, -0.25) is 14.3 Å². The zero-order chi connectivity index (χ0) is 17.7. The summed E-state index contributed by atoms with van der Waals surface area (Å²) in [6, 6.07) is 3.57. The third-order valence-corrected chi connectivity index (χ3v) is 3.25. The van der Waals surface area contributed by atoms with E-state index in [9.17, 15) is 9.18 Å². The molecule has 8 heteroatoms. The molecule has 0 aliphatic heterocycles. The fraction of sp³-hybridized carbons (Fsp3) is 0.438. The topological polar surface area (TPSA) is 60.2 Å². The van der Waals surface area contributed by atoms with Crippen LogP contribution in [0.1, 0.15) is 27.2 Å². The summed E-state index contributed by atoms with van der Waals surface area (Å²) in [5.41, 5.74) is 0.389. The Morgan fingerprint density at radius 2 is 2.21 bits per heavy atom. The number of hydrogen-bond donors (Lipinski definition) is 0. The molecule has 0 atom stereocenters. The van der Waals surface area contributed by atoms with E-state index >= 15 is 0 Å². The van der Waals surface area contributed by atoms with Crippen molar-refractivity contribution in [3.8, 4) is 5.69 Å². The van der Waals surface area contributed by atoms with E-state index in [1.54, 1.807) is 51.5 Å². The Labute approximate surface area is 145 Å². The molecule has 0 unspecified atom stereocenters. The van der Waals surface area contributed by atoms with Crippen molar-refractivity contribution in [3.05, 3.63) is 35.9 Å². The number of anilines is 1. The predicted octanol–water partition coefficient (Wildman–Crippen LogP) is 4.02. The highest BCUT2D eigenvalue weighted by Crippen LogP contribution is 2.27. The Kier molecular flexibility index (Phi) is 5.77. The highest BCUT2D eigenvalue weighted by atomic mass is 35.5. The van der Waals surface area contributed by atoms with Gasteiger partial charge in [-0.25, -0.2) is 9.48 Å². The van der Waals surface area contributed by atoms with Gasteiger partial charge in [0.25, 0.3) is 0 Å². The van der Waals surface area contributed by atoms with Crippen molar-refractivity contribution in [2.75, 3.05) is 18.1 Å². The van der Waals surface area contributed by atoms with Crippen molar-refractivity contribution >= 4 is 23.4 Å². The lowest BCUT2D eigenvalue weighted by atomic mass is 10.2. The van der Waals surface area contributed by atoms with Crippen molar-refractivity contribution in [3.63, 3.8) is 0 Å². The van der Waals surface area contributed by atoms with Crippen LogP contribution in [-0.2, 0) is 4.74 Å². The van der Waals surface area contributed by atoms with E-state index < -0.39 is 18.4 Å². The SMILES string of the molecule is CC(C)(C)OC(=O)N(CCCF)c1cn(-c2cccnc2)nc1Cl. The minimum atomic E-state index is -0.670. The number of amides is 1. The van der Waals surface area contributed by atoms with Gasteiger partial charge < -0.3 is 4.74 Å². The third kappa shape index (κ3) is 4.67. The number of ether oxygens (including phenoxy) is 1. The number of rotatable bonds is 5. The molecule has 2 aromatic heterocycles. The Bertz CT molecular complexity index is 685. The summed E-state index contributed by atoms with van der Waals surface area (Å²) in [5.74, 6) is 0. The molecule has 0 aliphatic carbocycles. The van der Waals surface area contributed by atoms with Crippen LogP contribution in [0.15, 0.2) is 30.7 Å². The lowest BCUT2D eigenvalue weighted by molar-refractivity contribution is 0.0579. The molecule has 0 bridgehead atoms. The normalized spacial score (nSPS) is 11.4. The average Bonchev–Trinajstić information content (AvgIpc) is 2.89. The molecular weight excluding hydrogens is 335 g/mol. The standard InChI is InChI=1S/C16H20ClFN4O2/c1-16(2,3)24-15(23)21(9-5-7-18)13-11-22(20-14(13)17)12-6-4-8-19-10-12/h4,6,8,10-11H,5,7,9H2,1-3H3. The van der Waals surface area contributed by atoms with Gasteiger partial charge in [0.2, 0.25) is 0 Å². The van der Waals surface area contributed by atoms with E-state index in [0.29, 0.717) is 11.4 Å². The van der Waals surface area contributed by atoms with Crippen molar-refractivity contribution in [2.24, 2.45) is 0 Å². The molecule has 0 spiro atoms. The average molecular weight is 355 g/mol. The summed E-state index contributed by atoms with van der Waals surface area (Å²) in [6.45, 7) is 4.88. The minimum Gasteiger partial charge on any atom is -0.443 e. The first kappa shape index (κ1) is 18.2. The molecule has 2 aromatic rings. The van der Waals surface area contributed by atoms with Gasteiger partial charge in [-0.1, -0.05) is 11.6 Å². The molecule has 0 radical (unpaired) electrons. The molecule has 0 saturated heterocycles. The van der Waals surface area contributed by atoms with Gasteiger partial charge in [0.05, 0.1) is 24.8 Å². The van der Waals surface area contributed by atoms with Crippen molar-refractivity contribution < 1.29 is 13.9 Å². The zero-order valence-electron chi connectivity index (χ0n) is 13.9. The number of halogens is 2. The van der Waals surface area contributed by atoms with Crippen LogP contribution in [0.2, 0.25) is 5.15 Å². The van der Waals surface area contributed by atoms with Gasteiger partial charge in [-0.15, -0.1) is 0 Å². The lowest BCUT2D eigenvalue weighted by Crippen LogP contribution is -2.37. The summed E-state index contributed by atoms with van der Waals surface area (Å²) < 4.78 is 19.5. The van der Waals surface area contributed by atoms with Crippen LogP contribution in [0.25, 0.3) is 5.69 Å². The van der Waals surface area contributed by atoms with E-state index in [1.165, 1.54) is 9.58 Å². The summed E-state index contributed by atoms with van der Waals surface area (Å²) in [5, 5.41) is 4.32. The van der Waals surface area contributed by atoms with Crippen LogP contribution in [0.3, 0.4) is 0 Å². The van der Waals surface area contributed by atoms with Crippen molar-refractivity contribution in [1.82, 2.24) is 14.8 Å². The van der Waals surface area contributed by atoms with Crippen molar-refractivity contribution in [1.29, 1.82) is 0 Å². The Morgan fingerprint density at radius 3 is 2.79 bits per heavy atom. The zero-order valence-corrected chi connectivity index (χ0v) is 14.6. The maximum atomic E-state index is 12.6. The van der Waals surface area contributed by atoms with Crippen LogP contribution in [0, 0.1) is 0 Å². The molecule has 0 aromatic carbocycles. The van der Waals surface area contributed by atoms with Gasteiger partial charge in [-0.05, 0) is 39.3 Å². The van der Waals surface area contributed by atoms with Gasteiger partial charge in [-0.2, -0.15) is 5.10 Å². The number of nitrogens with zero attached hydrogens (tertiary/aromatic N) is 4. The maximum absolute atomic E-state index is 12.6. The fourth-order valence-corrected chi connectivity index (χ4v) is 2.22. The molecule has 130 valence electrons. The van der Waals surface area contributed by atoms with E-state index in [0.717, 1.165) is 0 Å². The van der Waals surface area contributed by atoms with E-state index in [-0.39, 0.29) is 18.1 Å². The highest BCUT2D eigenvalue weighted by Gasteiger charge is 2.26. The second kappa shape index (κ2) is 7.61. The number of hydrogen-bond acceptors (Lipinski definition) is 4. The van der Waals surface area contributed by atoms with E-state index in [1.807, 2.05) is 0 Å². The van der Waals surface area contributed by atoms with Gasteiger partial charge in [0.1, 0.15) is 11.3 Å². The molecular formula is C16H20ClFN4O2. The van der Waals surface area contributed by atoms with Crippen LogP contribution in [-0.4, -0.2) is 39.7 Å². The predicted molar refractivity (Wildman–Crippen MR) is 90.5 cm³/mol. The quantitative estimate of drug-likeness (QED) is 0.813. The van der Waals surface area contributed by atoms with Gasteiger partial charge >= 0.3 is 6.09 Å². The molecule has 0 N–H and O–H groups in total. The van der Waals surface area contributed by atoms with Crippen LogP contribution >= 0.6 is 11.6 Å². The van der Waals surface area contributed by atoms with E-state index in [4.69, 9.17) is 16.3 Å². The van der Waals surface area contributed by atoms with Gasteiger partial charge in [0, 0.05) is 12.7 Å². The Morgan fingerprint density at radius 1 is 1.46 bits per heavy atom. The summed E-state index contributed by atoms with van der Waals surface area (Å²) >= 11 is 6.19. The Hall–Kier alpha value is -2.15. The molecule has 0 fully saturated rings. The van der Waals surface area contributed by atoms with Crippen LogP contribution in [0.5, 0.6) is 0 Å². The van der Waals surface area contributed by atoms with E-state index in [2.05, 4.69) is 10.1 Å². The molecule has 1 amide bonds. The summed E-state index contributed by atoms with van der Waals surface area (Å²) in [6.07, 6.45) is 4.44. The van der Waals surface area contributed by atoms with Gasteiger partial charge in [0.15, 0.2) is 5.15 Å². The maximum Gasteiger partial charge on any atom is 0.414 e. The summed E-state index contributed by atoms with van der Waals surface area (Å²) in [4.78, 5) is 17.8. The number of carbonyl (C=O) groups is 1. The fourth-order valence-electron chi connectivity index (χ4n) is 1.99. The minimum absolute atomic E-state index is 0.128. The van der Waals surface area contributed by atoms with Crippen LogP contribution < -0.4 is 4.90 Å². The number of carbonyl (C=O) groups excluding carboxylic acids is 1. The molecule has 0 aliphatic rings. The number of pyridine rings is 1.